The number of nitrogens with zero attached hydrogens (tertiary/aromatic N) is 2. The summed E-state index contributed by atoms with van der Waals surface area (Å²) in [5.41, 5.74) is 0.413. The van der Waals surface area contributed by atoms with Crippen LogP contribution >= 0.6 is 15.9 Å². The second-order valence-electron chi connectivity index (χ2n) is 4.72. The highest BCUT2D eigenvalue weighted by molar-refractivity contribution is 9.10. The topological polar surface area (TPSA) is 69.0 Å². The summed E-state index contributed by atoms with van der Waals surface area (Å²) in [6, 6.07) is 17.7. The Bertz CT molecular complexity index is 998. The Morgan fingerprint density at radius 3 is 2.17 bits per heavy atom. The van der Waals surface area contributed by atoms with Crippen LogP contribution in [0.4, 0.5) is 0 Å². The molecule has 0 unspecified atom stereocenters. The molecule has 0 N–H and O–H groups in total. The SMILES string of the molecule is O=c1ccc(-c2ccc(Br)cc2)nn1S(=O)(=O)c1ccccc1. The first kappa shape index (κ1) is 15.6. The molecule has 116 valence electrons. The number of halogens is 1. The molecule has 1 heterocycles. The van der Waals surface area contributed by atoms with Gasteiger partial charge in [-0.05, 0) is 30.3 Å². The minimum Gasteiger partial charge on any atom is -0.267 e. The minimum atomic E-state index is -4.02. The second kappa shape index (κ2) is 6.10. The largest absolute Gasteiger partial charge is 0.286 e. The van der Waals surface area contributed by atoms with E-state index in [2.05, 4.69) is 21.0 Å². The van der Waals surface area contributed by atoms with E-state index in [-0.39, 0.29) is 4.90 Å². The van der Waals surface area contributed by atoms with Crippen LogP contribution in [0, 0.1) is 0 Å². The molecule has 23 heavy (non-hydrogen) atoms. The van der Waals surface area contributed by atoms with E-state index in [1.54, 1.807) is 30.3 Å². The van der Waals surface area contributed by atoms with Crippen molar-refractivity contribution in [1.29, 1.82) is 0 Å². The van der Waals surface area contributed by atoms with Crippen molar-refractivity contribution in [3.63, 3.8) is 0 Å². The zero-order chi connectivity index (χ0) is 16.4. The predicted molar refractivity (Wildman–Crippen MR) is 90.7 cm³/mol. The van der Waals surface area contributed by atoms with Gasteiger partial charge < -0.3 is 0 Å². The van der Waals surface area contributed by atoms with E-state index in [9.17, 15) is 13.2 Å². The molecule has 0 aliphatic rings. The smallest absolute Gasteiger partial charge is 0.267 e. The second-order valence-corrected chi connectivity index (χ2v) is 7.41. The molecule has 3 rings (SSSR count). The summed E-state index contributed by atoms with van der Waals surface area (Å²) in [7, 11) is -4.02. The highest BCUT2D eigenvalue weighted by atomic mass is 79.9. The highest BCUT2D eigenvalue weighted by Gasteiger charge is 2.20. The molecule has 1 aromatic heterocycles. The Morgan fingerprint density at radius 1 is 0.870 bits per heavy atom. The van der Waals surface area contributed by atoms with Gasteiger partial charge in [0, 0.05) is 16.1 Å². The van der Waals surface area contributed by atoms with Crippen molar-refractivity contribution in [2.45, 2.75) is 4.90 Å². The van der Waals surface area contributed by atoms with Crippen LogP contribution in [0.15, 0.2) is 80.9 Å². The first-order valence-corrected chi connectivity index (χ1v) is 8.89. The maximum atomic E-state index is 12.6. The van der Waals surface area contributed by atoms with Gasteiger partial charge in [-0.15, -0.1) is 4.09 Å². The van der Waals surface area contributed by atoms with Gasteiger partial charge in [0.15, 0.2) is 0 Å². The van der Waals surface area contributed by atoms with E-state index < -0.39 is 15.6 Å². The Kier molecular flexibility index (Phi) is 4.14. The lowest BCUT2D eigenvalue weighted by Gasteiger charge is -2.08. The summed E-state index contributed by atoms with van der Waals surface area (Å²) >= 11 is 3.33. The Morgan fingerprint density at radius 2 is 1.52 bits per heavy atom. The predicted octanol–water partition coefficient (Wildman–Crippen LogP) is 2.91. The Hall–Kier alpha value is -2.25. The maximum absolute atomic E-state index is 12.6. The molecule has 7 heteroatoms. The van der Waals surface area contributed by atoms with Gasteiger partial charge in [0.25, 0.3) is 15.6 Å². The average Bonchev–Trinajstić information content (AvgIpc) is 2.57. The lowest BCUT2D eigenvalue weighted by Crippen LogP contribution is -2.29. The Balaban J connectivity index is 2.16. The monoisotopic (exact) mass is 390 g/mol. The molecule has 0 amide bonds. The number of benzene rings is 2. The summed E-state index contributed by atoms with van der Waals surface area (Å²) in [5.74, 6) is 0. The molecule has 0 bridgehead atoms. The van der Waals surface area contributed by atoms with Crippen molar-refractivity contribution in [3.05, 3.63) is 81.6 Å². The zero-order valence-electron chi connectivity index (χ0n) is 11.8. The summed E-state index contributed by atoms with van der Waals surface area (Å²) in [5, 5.41) is 4.02. The standard InChI is InChI=1S/C16H11BrN2O3S/c17-13-8-6-12(7-9-13)15-10-11-16(20)19(18-15)23(21,22)14-4-2-1-3-5-14/h1-11H. The fourth-order valence-electron chi connectivity index (χ4n) is 2.03. The third-order valence-corrected chi connectivity index (χ3v) is 5.29. The third-order valence-electron chi connectivity index (χ3n) is 3.18. The van der Waals surface area contributed by atoms with Crippen LogP contribution in [0.2, 0.25) is 0 Å². The molecule has 0 saturated heterocycles. The molecule has 0 radical (unpaired) electrons. The molecule has 0 saturated carbocycles. The van der Waals surface area contributed by atoms with Crippen molar-refractivity contribution in [2.24, 2.45) is 0 Å². The van der Waals surface area contributed by atoms with E-state index in [1.165, 1.54) is 24.3 Å². The van der Waals surface area contributed by atoms with Crippen LogP contribution in [-0.4, -0.2) is 17.6 Å². The molecular formula is C16H11BrN2O3S. The summed E-state index contributed by atoms with van der Waals surface area (Å²) in [6.45, 7) is 0. The van der Waals surface area contributed by atoms with Gasteiger partial charge in [-0.3, -0.25) is 4.79 Å². The van der Waals surface area contributed by atoms with Gasteiger partial charge in [0.2, 0.25) is 0 Å². The van der Waals surface area contributed by atoms with Crippen molar-refractivity contribution in [1.82, 2.24) is 9.19 Å². The highest BCUT2D eigenvalue weighted by Crippen LogP contribution is 2.19. The lowest BCUT2D eigenvalue weighted by atomic mass is 10.1. The first-order valence-electron chi connectivity index (χ1n) is 6.65. The van der Waals surface area contributed by atoms with Crippen LogP contribution in [-0.2, 0) is 10.0 Å². The normalized spacial score (nSPS) is 11.3. The zero-order valence-corrected chi connectivity index (χ0v) is 14.2. The van der Waals surface area contributed by atoms with Crippen molar-refractivity contribution < 1.29 is 8.42 Å². The average molecular weight is 391 g/mol. The number of hydrogen-bond acceptors (Lipinski definition) is 4. The van der Waals surface area contributed by atoms with E-state index in [1.807, 2.05) is 12.1 Å². The fourth-order valence-corrected chi connectivity index (χ4v) is 3.49. The van der Waals surface area contributed by atoms with E-state index in [0.29, 0.717) is 15.3 Å². The van der Waals surface area contributed by atoms with Crippen molar-refractivity contribution in [2.75, 3.05) is 0 Å². The molecule has 0 aliphatic carbocycles. The first-order chi connectivity index (χ1) is 11.0. The Labute approximate surface area is 141 Å². The van der Waals surface area contributed by atoms with E-state index in [0.717, 1.165) is 4.47 Å². The van der Waals surface area contributed by atoms with Gasteiger partial charge in [-0.25, -0.2) is 0 Å². The van der Waals surface area contributed by atoms with Crippen LogP contribution < -0.4 is 5.56 Å². The number of aromatic nitrogens is 2. The summed E-state index contributed by atoms with van der Waals surface area (Å²) in [6.07, 6.45) is 0. The molecule has 0 aliphatic heterocycles. The van der Waals surface area contributed by atoms with Crippen molar-refractivity contribution >= 4 is 26.0 Å². The molecule has 0 atom stereocenters. The van der Waals surface area contributed by atoms with E-state index >= 15 is 0 Å². The van der Waals surface area contributed by atoms with Gasteiger partial charge in [-0.2, -0.15) is 13.5 Å². The van der Waals surface area contributed by atoms with Crippen LogP contribution in [0.25, 0.3) is 11.3 Å². The van der Waals surface area contributed by atoms with Crippen LogP contribution in [0.1, 0.15) is 0 Å². The number of hydrogen-bond donors (Lipinski definition) is 0. The van der Waals surface area contributed by atoms with Gasteiger partial charge in [0.1, 0.15) is 0 Å². The maximum Gasteiger partial charge on any atom is 0.286 e. The number of rotatable bonds is 3. The third kappa shape index (κ3) is 3.11. The molecule has 0 fully saturated rings. The molecule has 3 aromatic rings. The summed E-state index contributed by atoms with van der Waals surface area (Å²) in [4.78, 5) is 12.0. The van der Waals surface area contributed by atoms with Crippen LogP contribution in [0.3, 0.4) is 0 Å². The van der Waals surface area contributed by atoms with Gasteiger partial charge in [0.05, 0.1) is 10.6 Å². The molecular weight excluding hydrogens is 380 g/mol. The lowest BCUT2D eigenvalue weighted by molar-refractivity contribution is 0.576. The van der Waals surface area contributed by atoms with Crippen molar-refractivity contribution in [3.8, 4) is 11.3 Å². The summed E-state index contributed by atoms with van der Waals surface area (Å²) < 4.78 is 26.6. The van der Waals surface area contributed by atoms with Gasteiger partial charge in [-0.1, -0.05) is 46.3 Å². The van der Waals surface area contributed by atoms with E-state index in [4.69, 9.17) is 0 Å². The fraction of sp³-hybridized carbons (Fsp3) is 0. The molecule has 5 nitrogen and oxygen atoms in total. The van der Waals surface area contributed by atoms with Gasteiger partial charge >= 0.3 is 0 Å². The molecule has 0 spiro atoms. The quantitative estimate of drug-likeness (QED) is 0.689. The van der Waals surface area contributed by atoms with Crippen LogP contribution in [0.5, 0.6) is 0 Å². The minimum absolute atomic E-state index is 0.0163. The molecule has 2 aromatic carbocycles.